The maximum atomic E-state index is 10.3. The van der Waals surface area contributed by atoms with Crippen molar-refractivity contribution < 1.29 is 4.92 Å². The van der Waals surface area contributed by atoms with Gasteiger partial charge in [0.05, 0.1) is 16.3 Å². The van der Waals surface area contributed by atoms with Gasteiger partial charge >= 0.3 is 0 Å². The Morgan fingerprint density at radius 3 is 2.42 bits per heavy atom. The summed E-state index contributed by atoms with van der Waals surface area (Å²) in [6.07, 6.45) is 0. The standard InChI is InChI=1S/C7H9N3O2/c1-4-2-5(10(11)12)3-6(8)7(4)9/h2-3H,8-9H2,1H3. The highest BCUT2D eigenvalue weighted by molar-refractivity contribution is 5.70. The predicted molar refractivity (Wildman–Crippen MR) is 46.7 cm³/mol. The molecule has 0 fully saturated rings. The molecular formula is C7H9N3O2. The zero-order valence-electron chi connectivity index (χ0n) is 6.57. The summed E-state index contributed by atoms with van der Waals surface area (Å²) in [5.41, 5.74) is 12.2. The van der Waals surface area contributed by atoms with Crippen molar-refractivity contribution >= 4 is 17.1 Å². The molecule has 0 saturated carbocycles. The summed E-state index contributed by atoms with van der Waals surface area (Å²) in [7, 11) is 0. The molecule has 0 aliphatic carbocycles. The molecule has 0 bridgehead atoms. The summed E-state index contributed by atoms with van der Waals surface area (Å²) >= 11 is 0. The topological polar surface area (TPSA) is 95.2 Å². The van der Waals surface area contributed by atoms with Crippen molar-refractivity contribution in [2.75, 3.05) is 11.5 Å². The van der Waals surface area contributed by atoms with E-state index in [0.717, 1.165) is 0 Å². The van der Waals surface area contributed by atoms with Crippen molar-refractivity contribution in [1.29, 1.82) is 0 Å². The van der Waals surface area contributed by atoms with Crippen LogP contribution in [0.4, 0.5) is 17.1 Å². The minimum Gasteiger partial charge on any atom is -0.397 e. The van der Waals surface area contributed by atoms with Gasteiger partial charge in [0, 0.05) is 12.1 Å². The third-order valence-electron chi connectivity index (χ3n) is 1.61. The van der Waals surface area contributed by atoms with Crippen LogP contribution in [0.1, 0.15) is 5.56 Å². The number of nitrogen functional groups attached to an aromatic ring is 2. The maximum Gasteiger partial charge on any atom is 0.271 e. The van der Waals surface area contributed by atoms with Gasteiger partial charge in [0.1, 0.15) is 0 Å². The number of nitro benzene ring substituents is 1. The third-order valence-corrected chi connectivity index (χ3v) is 1.61. The van der Waals surface area contributed by atoms with Gasteiger partial charge in [-0.25, -0.2) is 0 Å². The first kappa shape index (κ1) is 8.32. The molecule has 12 heavy (non-hydrogen) atoms. The lowest BCUT2D eigenvalue weighted by Crippen LogP contribution is -1.99. The van der Waals surface area contributed by atoms with Gasteiger partial charge in [-0.2, -0.15) is 0 Å². The number of non-ortho nitro benzene ring substituents is 1. The smallest absolute Gasteiger partial charge is 0.271 e. The second kappa shape index (κ2) is 2.69. The molecule has 0 aliphatic heterocycles. The van der Waals surface area contributed by atoms with Gasteiger partial charge in [-0.1, -0.05) is 0 Å². The molecule has 0 amide bonds. The molecular weight excluding hydrogens is 158 g/mol. The van der Waals surface area contributed by atoms with Crippen LogP contribution < -0.4 is 11.5 Å². The summed E-state index contributed by atoms with van der Waals surface area (Å²) in [4.78, 5) is 9.83. The molecule has 0 radical (unpaired) electrons. The van der Waals surface area contributed by atoms with E-state index in [4.69, 9.17) is 11.5 Å². The highest BCUT2D eigenvalue weighted by atomic mass is 16.6. The van der Waals surface area contributed by atoms with Gasteiger partial charge in [0.25, 0.3) is 5.69 Å². The number of anilines is 2. The van der Waals surface area contributed by atoms with E-state index in [2.05, 4.69) is 0 Å². The fourth-order valence-corrected chi connectivity index (χ4v) is 0.911. The second-order valence-corrected chi connectivity index (χ2v) is 2.52. The molecule has 5 nitrogen and oxygen atoms in total. The van der Waals surface area contributed by atoms with Gasteiger partial charge in [0.2, 0.25) is 0 Å². The van der Waals surface area contributed by atoms with Crippen molar-refractivity contribution in [3.63, 3.8) is 0 Å². The number of rotatable bonds is 1. The van der Waals surface area contributed by atoms with E-state index < -0.39 is 4.92 Å². The molecule has 4 N–H and O–H groups in total. The van der Waals surface area contributed by atoms with E-state index in [1.54, 1.807) is 6.92 Å². The highest BCUT2D eigenvalue weighted by Crippen LogP contribution is 2.25. The molecule has 0 spiro atoms. The Morgan fingerprint density at radius 1 is 1.42 bits per heavy atom. The molecule has 0 aromatic heterocycles. The Labute approximate surface area is 69.1 Å². The summed E-state index contributed by atoms with van der Waals surface area (Å²) < 4.78 is 0. The largest absolute Gasteiger partial charge is 0.397 e. The summed E-state index contributed by atoms with van der Waals surface area (Å²) in [6.45, 7) is 1.68. The molecule has 5 heteroatoms. The second-order valence-electron chi connectivity index (χ2n) is 2.52. The quantitative estimate of drug-likeness (QED) is 0.371. The lowest BCUT2D eigenvalue weighted by atomic mass is 10.1. The van der Waals surface area contributed by atoms with Crippen LogP contribution in [0, 0.1) is 17.0 Å². The van der Waals surface area contributed by atoms with E-state index in [0.29, 0.717) is 11.3 Å². The van der Waals surface area contributed by atoms with Crippen LogP contribution in [0.25, 0.3) is 0 Å². The maximum absolute atomic E-state index is 10.3. The van der Waals surface area contributed by atoms with E-state index in [1.807, 2.05) is 0 Å². The van der Waals surface area contributed by atoms with Gasteiger partial charge in [0.15, 0.2) is 0 Å². The van der Waals surface area contributed by atoms with Crippen LogP contribution in [0.2, 0.25) is 0 Å². The van der Waals surface area contributed by atoms with Gasteiger partial charge in [-0.3, -0.25) is 10.1 Å². The number of benzene rings is 1. The zero-order valence-corrected chi connectivity index (χ0v) is 6.57. The summed E-state index contributed by atoms with van der Waals surface area (Å²) in [5.74, 6) is 0. The van der Waals surface area contributed by atoms with Crippen LogP contribution in [0.15, 0.2) is 12.1 Å². The molecule has 1 rings (SSSR count). The van der Waals surface area contributed by atoms with Gasteiger partial charge < -0.3 is 11.5 Å². The number of nitrogens with zero attached hydrogens (tertiary/aromatic N) is 1. The third kappa shape index (κ3) is 1.29. The van der Waals surface area contributed by atoms with Crippen LogP contribution in [0.5, 0.6) is 0 Å². The van der Waals surface area contributed by atoms with Crippen LogP contribution in [-0.2, 0) is 0 Å². The molecule has 1 aromatic rings. The molecule has 0 heterocycles. The Hall–Kier alpha value is -1.78. The Balaban J connectivity index is 3.31. The van der Waals surface area contributed by atoms with Crippen LogP contribution in [0.3, 0.4) is 0 Å². The van der Waals surface area contributed by atoms with Crippen LogP contribution in [-0.4, -0.2) is 4.92 Å². The molecule has 1 aromatic carbocycles. The monoisotopic (exact) mass is 167 g/mol. The fourth-order valence-electron chi connectivity index (χ4n) is 0.911. The van der Waals surface area contributed by atoms with Crippen LogP contribution >= 0.6 is 0 Å². The molecule has 0 aliphatic rings. The lowest BCUT2D eigenvalue weighted by molar-refractivity contribution is -0.384. The molecule has 0 atom stereocenters. The first-order chi connectivity index (χ1) is 5.52. The normalized spacial score (nSPS) is 9.75. The highest BCUT2D eigenvalue weighted by Gasteiger charge is 2.09. The summed E-state index contributed by atoms with van der Waals surface area (Å²) in [6, 6.07) is 2.65. The Bertz CT molecular complexity index is 312. The van der Waals surface area contributed by atoms with Gasteiger partial charge in [-0.15, -0.1) is 0 Å². The number of aryl methyl sites for hydroxylation is 1. The van der Waals surface area contributed by atoms with Crippen molar-refractivity contribution in [2.24, 2.45) is 0 Å². The molecule has 64 valence electrons. The lowest BCUT2D eigenvalue weighted by Gasteiger charge is -2.02. The van der Waals surface area contributed by atoms with E-state index in [9.17, 15) is 10.1 Å². The predicted octanol–water partition coefficient (Wildman–Crippen LogP) is 1.07. The average Bonchev–Trinajstić information content (AvgIpc) is 1.99. The van der Waals surface area contributed by atoms with E-state index in [-0.39, 0.29) is 11.4 Å². The Morgan fingerprint density at radius 2 is 2.00 bits per heavy atom. The van der Waals surface area contributed by atoms with Crippen molar-refractivity contribution in [1.82, 2.24) is 0 Å². The zero-order chi connectivity index (χ0) is 9.30. The summed E-state index contributed by atoms with van der Waals surface area (Å²) in [5, 5.41) is 10.3. The van der Waals surface area contributed by atoms with Crippen molar-refractivity contribution in [2.45, 2.75) is 6.92 Å². The minimum atomic E-state index is -0.497. The Kier molecular flexibility index (Phi) is 1.86. The molecule has 0 unspecified atom stereocenters. The van der Waals surface area contributed by atoms with E-state index >= 15 is 0 Å². The number of hydrogen-bond acceptors (Lipinski definition) is 4. The fraction of sp³-hybridized carbons (Fsp3) is 0.143. The van der Waals surface area contributed by atoms with Gasteiger partial charge in [-0.05, 0) is 12.5 Å². The van der Waals surface area contributed by atoms with E-state index in [1.165, 1.54) is 12.1 Å². The van der Waals surface area contributed by atoms with Crippen molar-refractivity contribution in [3.05, 3.63) is 27.8 Å². The minimum absolute atomic E-state index is 0.0285. The SMILES string of the molecule is Cc1cc([N+](=O)[O-])cc(N)c1N. The first-order valence-corrected chi connectivity index (χ1v) is 3.32. The molecule has 0 saturated heterocycles. The number of nitrogens with two attached hydrogens (primary N) is 2. The average molecular weight is 167 g/mol. The number of nitro groups is 1. The first-order valence-electron chi connectivity index (χ1n) is 3.32. The number of hydrogen-bond donors (Lipinski definition) is 2. The van der Waals surface area contributed by atoms with Crippen molar-refractivity contribution in [3.8, 4) is 0 Å².